The third kappa shape index (κ3) is 8.84. The van der Waals surface area contributed by atoms with Crippen molar-refractivity contribution >= 4 is 39.3 Å². The van der Waals surface area contributed by atoms with Crippen LogP contribution in [0.1, 0.15) is 30.4 Å². The molecule has 0 aliphatic heterocycles. The van der Waals surface area contributed by atoms with E-state index < -0.39 is 30.2 Å². The molecule has 0 aliphatic carbocycles. The van der Waals surface area contributed by atoms with Crippen molar-refractivity contribution in [1.82, 2.24) is 16.0 Å². The Hall–Kier alpha value is -4.31. The zero-order valence-corrected chi connectivity index (χ0v) is 23.0. The smallest absolute Gasteiger partial charge is 0.243 e. The lowest BCUT2D eigenvalue weighted by molar-refractivity contribution is -0.131. The summed E-state index contributed by atoms with van der Waals surface area (Å²) in [6, 6.07) is 26.1. The monoisotopic (exact) mass is 554 g/mol. The van der Waals surface area contributed by atoms with Crippen LogP contribution in [0.25, 0.3) is 21.5 Å². The Morgan fingerprint density at radius 2 is 1.29 bits per heavy atom. The summed E-state index contributed by atoms with van der Waals surface area (Å²) in [5.41, 5.74) is 18.7. The quantitative estimate of drug-likeness (QED) is 0.103. The van der Waals surface area contributed by atoms with Gasteiger partial charge in [0.1, 0.15) is 18.4 Å². The summed E-state index contributed by atoms with van der Waals surface area (Å²) in [7, 11) is 0. The predicted molar refractivity (Wildman–Crippen MR) is 162 cm³/mol. The van der Waals surface area contributed by atoms with E-state index in [0.717, 1.165) is 32.7 Å². The number of amides is 3. The highest BCUT2D eigenvalue weighted by molar-refractivity contribution is 5.92. The van der Waals surface area contributed by atoms with Gasteiger partial charge in [0.15, 0.2) is 0 Å². The Morgan fingerprint density at radius 3 is 1.90 bits per heavy atom. The number of rotatable bonds is 14. The van der Waals surface area contributed by atoms with Gasteiger partial charge >= 0.3 is 0 Å². The molecular weight excluding hydrogens is 516 g/mol. The number of carbonyl (C=O) groups is 3. The van der Waals surface area contributed by atoms with Gasteiger partial charge in [-0.05, 0) is 58.5 Å². The van der Waals surface area contributed by atoms with Crippen molar-refractivity contribution in [3.8, 4) is 0 Å². The molecule has 2 atom stereocenters. The highest BCUT2D eigenvalue weighted by atomic mass is 16.2. The van der Waals surface area contributed by atoms with Gasteiger partial charge in [-0.3, -0.25) is 19.7 Å². The van der Waals surface area contributed by atoms with E-state index >= 15 is 0 Å². The van der Waals surface area contributed by atoms with Crippen LogP contribution in [0.4, 0.5) is 0 Å². The lowest BCUT2D eigenvalue weighted by atomic mass is 10.0. The molecule has 0 aliphatic rings. The second-order valence-electron chi connectivity index (χ2n) is 10.3. The van der Waals surface area contributed by atoms with Crippen LogP contribution >= 0.6 is 0 Å². The van der Waals surface area contributed by atoms with Gasteiger partial charge in [0.25, 0.3) is 0 Å². The van der Waals surface area contributed by atoms with E-state index in [2.05, 4.69) is 22.0 Å². The van der Waals surface area contributed by atoms with Crippen LogP contribution in [0.5, 0.6) is 0 Å². The molecule has 4 aromatic carbocycles. The van der Waals surface area contributed by atoms with Crippen LogP contribution in [-0.4, -0.2) is 42.6 Å². The average Bonchev–Trinajstić information content (AvgIpc) is 2.96. The zero-order valence-electron chi connectivity index (χ0n) is 23.0. The van der Waals surface area contributed by atoms with Gasteiger partial charge in [-0.2, -0.15) is 0 Å². The fraction of sp³-hybridized carbons (Fsp3) is 0.281. The Bertz CT molecular complexity index is 1510. The van der Waals surface area contributed by atoms with Crippen molar-refractivity contribution in [3.63, 3.8) is 0 Å². The molecule has 0 aromatic heterocycles. The first-order valence-electron chi connectivity index (χ1n) is 13.9. The van der Waals surface area contributed by atoms with E-state index in [0.29, 0.717) is 25.8 Å². The Balaban J connectivity index is 1.40. The lowest BCUT2D eigenvalue weighted by Gasteiger charge is -2.22. The molecule has 9 N–H and O–H groups in total. The van der Waals surface area contributed by atoms with Gasteiger partial charge in [-0.25, -0.2) is 0 Å². The standard InChI is InChI=1S/C32H38N6O3/c33-30(40)28(20-22-12-15-24-7-2-4-9-26(24)19-22)38-31(41)27(10-5-17-36-32(34)35)37-29(39)16-13-21-11-14-23-6-1-3-8-25(23)18-21/h1-4,6-9,11-12,14-15,18-19,27-28,32,36H,5,10,13,16-17,20,34-35H2,(H2,33,40)(H,37,39)(H,38,41)/t27-,28-/m0/s1. The number of aryl methyl sites for hydroxylation is 1. The Morgan fingerprint density at radius 1 is 0.707 bits per heavy atom. The van der Waals surface area contributed by atoms with Crippen LogP contribution in [0, 0.1) is 0 Å². The Kier molecular flexibility index (Phi) is 10.4. The third-order valence-electron chi connectivity index (χ3n) is 7.07. The van der Waals surface area contributed by atoms with Crippen LogP contribution in [-0.2, 0) is 27.2 Å². The summed E-state index contributed by atoms with van der Waals surface area (Å²) in [5.74, 6) is -1.37. The Labute approximate surface area is 239 Å². The fourth-order valence-electron chi connectivity index (χ4n) is 4.86. The minimum absolute atomic E-state index is 0.213. The lowest BCUT2D eigenvalue weighted by Crippen LogP contribution is -2.54. The maximum atomic E-state index is 13.3. The molecule has 4 aromatic rings. The number of hydrogen-bond donors (Lipinski definition) is 6. The highest BCUT2D eigenvalue weighted by Crippen LogP contribution is 2.18. The van der Waals surface area contributed by atoms with Crippen LogP contribution in [0.3, 0.4) is 0 Å². The molecule has 0 saturated carbocycles. The summed E-state index contributed by atoms with van der Waals surface area (Å²) >= 11 is 0. The van der Waals surface area contributed by atoms with Crippen molar-refractivity contribution in [2.75, 3.05) is 6.54 Å². The van der Waals surface area contributed by atoms with E-state index in [1.54, 1.807) is 0 Å². The van der Waals surface area contributed by atoms with E-state index in [4.69, 9.17) is 17.2 Å². The van der Waals surface area contributed by atoms with Gasteiger partial charge < -0.3 is 27.8 Å². The number of nitrogens with two attached hydrogens (primary N) is 3. The maximum Gasteiger partial charge on any atom is 0.243 e. The molecular formula is C32H38N6O3. The van der Waals surface area contributed by atoms with Crippen molar-refractivity contribution in [1.29, 1.82) is 0 Å². The summed E-state index contributed by atoms with van der Waals surface area (Å²) in [4.78, 5) is 38.6. The SMILES string of the molecule is NC(=O)[C@H](Cc1ccc2ccccc2c1)NC(=O)[C@H](CCCNC(N)N)NC(=O)CCc1ccc2ccccc2c1. The second-order valence-corrected chi connectivity index (χ2v) is 10.3. The fourth-order valence-corrected chi connectivity index (χ4v) is 4.86. The van der Waals surface area contributed by atoms with Gasteiger partial charge in [-0.1, -0.05) is 84.9 Å². The number of fused-ring (bicyclic) bond motifs is 2. The number of benzene rings is 4. The largest absolute Gasteiger partial charge is 0.368 e. The molecule has 0 heterocycles. The van der Waals surface area contributed by atoms with Gasteiger partial charge in [0, 0.05) is 12.8 Å². The molecule has 41 heavy (non-hydrogen) atoms. The summed E-state index contributed by atoms with van der Waals surface area (Å²) in [6.07, 6.45) is 1.15. The molecule has 0 fully saturated rings. The minimum atomic E-state index is -0.934. The zero-order chi connectivity index (χ0) is 29.2. The van der Waals surface area contributed by atoms with Crippen molar-refractivity contribution in [3.05, 3.63) is 96.1 Å². The summed E-state index contributed by atoms with van der Waals surface area (Å²) in [6.45, 7) is 0.463. The molecule has 0 unspecified atom stereocenters. The van der Waals surface area contributed by atoms with Crippen molar-refractivity contribution in [2.45, 2.75) is 50.5 Å². The molecule has 0 saturated heterocycles. The number of primary amides is 1. The summed E-state index contributed by atoms with van der Waals surface area (Å²) < 4.78 is 0. The second kappa shape index (κ2) is 14.4. The average molecular weight is 555 g/mol. The van der Waals surface area contributed by atoms with Crippen molar-refractivity contribution < 1.29 is 14.4 Å². The van der Waals surface area contributed by atoms with E-state index in [9.17, 15) is 14.4 Å². The molecule has 9 heteroatoms. The predicted octanol–water partition coefficient (Wildman–Crippen LogP) is 2.19. The number of carbonyl (C=O) groups excluding carboxylic acids is 3. The molecule has 9 nitrogen and oxygen atoms in total. The van der Waals surface area contributed by atoms with Gasteiger partial charge in [0.05, 0.1) is 0 Å². The maximum absolute atomic E-state index is 13.3. The van der Waals surface area contributed by atoms with Crippen LogP contribution < -0.4 is 33.2 Å². The first kappa shape index (κ1) is 29.7. The van der Waals surface area contributed by atoms with Crippen LogP contribution in [0.2, 0.25) is 0 Å². The van der Waals surface area contributed by atoms with Crippen LogP contribution in [0.15, 0.2) is 84.9 Å². The molecule has 4 rings (SSSR count). The normalized spacial score (nSPS) is 12.8. The molecule has 3 amide bonds. The van der Waals surface area contributed by atoms with Crippen molar-refractivity contribution in [2.24, 2.45) is 17.2 Å². The van der Waals surface area contributed by atoms with Gasteiger partial charge in [0.2, 0.25) is 17.7 Å². The van der Waals surface area contributed by atoms with Gasteiger partial charge in [-0.15, -0.1) is 0 Å². The number of nitrogens with one attached hydrogen (secondary N) is 3. The molecule has 0 spiro atoms. The van der Waals surface area contributed by atoms with E-state index in [1.807, 2.05) is 78.9 Å². The number of hydrogen-bond acceptors (Lipinski definition) is 6. The first-order valence-corrected chi connectivity index (χ1v) is 13.9. The minimum Gasteiger partial charge on any atom is -0.368 e. The highest BCUT2D eigenvalue weighted by Gasteiger charge is 2.26. The third-order valence-corrected chi connectivity index (χ3v) is 7.07. The van der Waals surface area contributed by atoms with E-state index in [1.165, 1.54) is 0 Å². The van der Waals surface area contributed by atoms with E-state index in [-0.39, 0.29) is 18.7 Å². The molecule has 0 radical (unpaired) electrons. The topological polar surface area (TPSA) is 165 Å². The molecule has 214 valence electrons. The first-order chi connectivity index (χ1) is 19.8. The summed E-state index contributed by atoms with van der Waals surface area (Å²) in [5, 5.41) is 12.9. The molecule has 0 bridgehead atoms.